The molecule has 0 spiro atoms. The van der Waals surface area contributed by atoms with Crippen LogP contribution in [0.25, 0.3) is 0 Å². The van der Waals surface area contributed by atoms with E-state index in [2.05, 4.69) is 54.5 Å². The van der Waals surface area contributed by atoms with E-state index in [1.54, 1.807) is 12.1 Å². The summed E-state index contributed by atoms with van der Waals surface area (Å²) in [6.45, 7) is 13.9. The van der Waals surface area contributed by atoms with Crippen molar-refractivity contribution in [2.75, 3.05) is 12.4 Å². The number of hydrogen-bond acceptors (Lipinski definition) is 3. The third kappa shape index (κ3) is 12.9. The number of anilines is 1. The molecule has 1 aliphatic rings. The van der Waals surface area contributed by atoms with Gasteiger partial charge >= 0.3 is 12.3 Å². The lowest BCUT2D eigenvalue weighted by Crippen LogP contribution is -2.35. The summed E-state index contributed by atoms with van der Waals surface area (Å²) in [7, 11) is 2.00. The molecule has 40 heavy (non-hydrogen) atoms. The summed E-state index contributed by atoms with van der Waals surface area (Å²) in [6.07, 6.45) is 0.486. The number of rotatable bonds is 7. The third-order valence-electron chi connectivity index (χ3n) is 5.84. The van der Waals surface area contributed by atoms with Gasteiger partial charge in [-0.1, -0.05) is 72.3 Å². The Kier molecular flexibility index (Phi) is 14.1. The van der Waals surface area contributed by atoms with Crippen molar-refractivity contribution in [3.63, 3.8) is 0 Å². The van der Waals surface area contributed by atoms with E-state index in [9.17, 15) is 22.0 Å². The molecule has 0 aromatic heterocycles. The highest BCUT2D eigenvalue weighted by atomic mass is 19.3. The van der Waals surface area contributed by atoms with Crippen LogP contribution in [-0.2, 0) is 0 Å². The van der Waals surface area contributed by atoms with E-state index >= 15 is 0 Å². The minimum Gasteiger partial charge on any atom is -0.452 e. The Morgan fingerprint density at radius 1 is 0.950 bits per heavy atom. The lowest BCUT2D eigenvalue weighted by Gasteiger charge is -2.21. The summed E-state index contributed by atoms with van der Waals surface area (Å²) >= 11 is 0. The van der Waals surface area contributed by atoms with Gasteiger partial charge in [0, 0.05) is 30.3 Å². The molecule has 218 valence electrons. The first kappa shape index (κ1) is 34.4. The molecule has 0 heterocycles. The fraction of sp³-hybridized carbons (Fsp3) is 0.312. The van der Waals surface area contributed by atoms with Crippen LogP contribution in [-0.4, -0.2) is 24.9 Å². The average Bonchev–Trinajstić information content (AvgIpc) is 3.69. The van der Waals surface area contributed by atoms with Gasteiger partial charge in [0.15, 0.2) is 0 Å². The van der Waals surface area contributed by atoms with Gasteiger partial charge in [-0.15, -0.1) is 0 Å². The Bertz CT molecular complexity index is 1160. The zero-order valence-corrected chi connectivity index (χ0v) is 23.7. The first-order valence-electron chi connectivity index (χ1n) is 12.7. The van der Waals surface area contributed by atoms with Crippen LogP contribution in [0, 0.1) is 25.5 Å². The van der Waals surface area contributed by atoms with Crippen LogP contribution in [0.1, 0.15) is 37.8 Å². The molecule has 0 aliphatic heterocycles. The van der Waals surface area contributed by atoms with Crippen molar-refractivity contribution in [3.8, 4) is 5.75 Å². The number of benzene rings is 3. The summed E-state index contributed by atoms with van der Waals surface area (Å²) < 4.78 is 67.2. The van der Waals surface area contributed by atoms with Crippen LogP contribution in [0.2, 0.25) is 0 Å². The molecule has 2 N–H and O–H groups in total. The predicted molar refractivity (Wildman–Crippen MR) is 155 cm³/mol. The Hall–Kier alpha value is -3.65. The van der Waals surface area contributed by atoms with E-state index in [0.29, 0.717) is 12.5 Å². The number of alkyl halides is 3. The van der Waals surface area contributed by atoms with Gasteiger partial charge < -0.3 is 15.4 Å². The number of nitrogens with one attached hydrogen (secondary N) is 2. The lowest BCUT2D eigenvalue weighted by molar-refractivity contribution is -0.152. The number of likely N-dealkylation sites (N-methyl/N-ethyl adjacent to an activating group) is 1. The second-order valence-corrected chi connectivity index (χ2v) is 9.48. The topological polar surface area (TPSA) is 33.3 Å². The van der Waals surface area contributed by atoms with Gasteiger partial charge in [0.1, 0.15) is 17.4 Å². The minimum absolute atomic E-state index is 0.171. The minimum atomic E-state index is -3.33. The standard InChI is InChI=1S/C11H11F4NO.C7H7F.C7H13N.C7H8/c1-3-16-8-4-7(12)5-9(6-8)17-11(2,15)10(13)14;1-6-2-4-7(8)5-3-6;1-6(2)7(8-3)4-5-7;1-7-5-3-2-4-6-7/h3-6,10,16H,1H2,2H3;2-5H,1H3;8H,1,4-5H2,2-3H3;2-6H,1H3. The maximum atomic E-state index is 13.2. The van der Waals surface area contributed by atoms with Crippen LogP contribution in [0.3, 0.4) is 0 Å². The Morgan fingerprint density at radius 2 is 1.50 bits per heavy atom. The highest BCUT2D eigenvalue weighted by Gasteiger charge is 2.41. The first-order chi connectivity index (χ1) is 18.7. The smallest absolute Gasteiger partial charge is 0.306 e. The average molecular weight is 563 g/mol. The predicted octanol–water partition coefficient (Wildman–Crippen LogP) is 9.15. The molecule has 1 saturated carbocycles. The Balaban J connectivity index is 0.000000290. The second-order valence-electron chi connectivity index (χ2n) is 9.48. The highest BCUT2D eigenvalue weighted by molar-refractivity contribution is 5.50. The number of halogens is 5. The number of aryl methyl sites for hydroxylation is 2. The highest BCUT2D eigenvalue weighted by Crippen LogP contribution is 2.40. The molecule has 1 aliphatic carbocycles. The fourth-order valence-electron chi connectivity index (χ4n) is 3.18. The van der Waals surface area contributed by atoms with Crippen LogP contribution in [0.4, 0.5) is 27.6 Å². The molecule has 0 radical (unpaired) electrons. The molecular formula is C32H39F5N2O. The maximum Gasteiger partial charge on any atom is 0.306 e. The van der Waals surface area contributed by atoms with E-state index in [0.717, 1.165) is 17.7 Å². The molecule has 0 amide bonds. The van der Waals surface area contributed by atoms with Crippen molar-refractivity contribution in [1.82, 2.24) is 5.32 Å². The van der Waals surface area contributed by atoms with Crippen molar-refractivity contribution >= 4 is 5.69 Å². The summed E-state index contributed by atoms with van der Waals surface area (Å²) in [4.78, 5) is 0. The van der Waals surface area contributed by atoms with Crippen molar-refractivity contribution in [2.45, 2.75) is 58.4 Å². The normalized spacial score (nSPS) is 14.0. The van der Waals surface area contributed by atoms with Gasteiger partial charge in [-0.25, -0.2) is 17.6 Å². The van der Waals surface area contributed by atoms with Gasteiger partial charge in [0.05, 0.1) is 0 Å². The molecule has 0 saturated heterocycles. The molecule has 3 aromatic rings. The molecule has 0 bridgehead atoms. The van der Waals surface area contributed by atoms with Crippen LogP contribution >= 0.6 is 0 Å². The van der Waals surface area contributed by atoms with Crippen LogP contribution in [0.15, 0.2) is 97.7 Å². The molecule has 1 atom stereocenters. The molecule has 8 heteroatoms. The molecule has 3 nitrogen and oxygen atoms in total. The first-order valence-corrected chi connectivity index (χ1v) is 12.7. The van der Waals surface area contributed by atoms with E-state index in [1.807, 2.05) is 32.2 Å². The van der Waals surface area contributed by atoms with Gasteiger partial charge in [0.2, 0.25) is 0 Å². The molecule has 4 rings (SSSR count). The Morgan fingerprint density at radius 3 is 1.85 bits per heavy atom. The largest absolute Gasteiger partial charge is 0.452 e. The number of ether oxygens (including phenoxy) is 1. The number of hydrogen-bond donors (Lipinski definition) is 2. The van der Waals surface area contributed by atoms with Gasteiger partial charge in [0.25, 0.3) is 0 Å². The summed E-state index contributed by atoms with van der Waals surface area (Å²) in [6, 6.07) is 19.7. The third-order valence-corrected chi connectivity index (χ3v) is 5.84. The molecular weight excluding hydrogens is 523 g/mol. The van der Waals surface area contributed by atoms with Crippen molar-refractivity contribution in [3.05, 3.63) is 120 Å². The molecule has 1 unspecified atom stereocenters. The lowest BCUT2D eigenvalue weighted by atomic mass is 10.1. The van der Waals surface area contributed by atoms with Crippen LogP contribution in [0.5, 0.6) is 5.75 Å². The quantitative estimate of drug-likeness (QED) is 0.223. The molecule has 3 aromatic carbocycles. The fourth-order valence-corrected chi connectivity index (χ4v) is 3.18. The summed E-state index contributed by atoms with van der Waals surface area (Å²) in [5.41, 5.74) is 4.26. The van der Waals surface area contributed by atoms with E-state index in [4.69, 9.17) is 0 Å². The zero-order chi connectivity index (χ0) is 30.3. The van der Waals surface area contributed by atoms with E-state index in [-0.39, 0.29) is 17.3 Å². The van der Waals surface area contributed by atoms with Crippen molar-refractivity contribution in [1.29, 1.82) is 0 Å². The molecule has 1 fully saturated rings. The van der Waals surface area contributed by atoms with Gasteiger partial charge in [-0.3, -0.25) is 0 Å². The monoisotopic (exact) mass is 562 g/mol. The van der Waals surface area contributed by atoms with E-state index in [1.165, 1.54) is 48.4 Å². The van der Waals surface area contributed by atoms with E-state index < -0.39 is 18.1 Å². The van der Waals surface area contributed by atoms with Gasteiger partial charge in [-0.05, 0) is 65.1 Å². The van der Waals surface area contributed by atoms with Gasteiger partial charge in [-0.2, -0.15) is 4.39 Å². The van der Waals surface area contributed by atoms with Crippen molar-refractivity contribution < 1.29 is 26.7 Å². The van der Waals surface area contributed by atoms with Crippen molar-refractivity contribution in [2.24, 2.45) is 0 Å². The summed E-state index contributed by atoms with van der Waals surface area (Å²) in [5, 5.41) is 5.79. The zero-order valence-electron chi connectivity index (χ0n) is 23.7. The Labute approximate surface area is 234 Å². The SMILES string of the molecule is C=C(C)C1(NC)CC1.C=CNc1cc(F)cc(OC(C)(F)C(F)F)c1.Cc1ccc(F)cc1.Cc1ccccc1. The van der Waals surface area contributed by atoms with Crippen LogP contribution < -0.4 is 15.4 Å². The second kappa shape index (κ2) is 16.5. The summed E-state index contributed by atoms with van der Waals surface area (Å²) in [5.74, 6) is -4.41. The maximum absolute atomic E-state index is 13.2.